The fraction of sp³-hybridized carbons (Fsp3) is 0.471. The molecular formula is C17H21N3. The zero-order valence-electron chi connectivity index (χ0n) is 11.7. The van der Waals surface area contributed by atoms with Gasteiger partial charge < -0.3 is 5.32 Å². The van der Waals surface area contributed by atoms with E-state index in [-0.39, 0.29) is 0 Å². The van der Waals surface area contributed by atoms with Gasteiger partial charge in [0.1, 0.15) is 0 Å². The lowest BCUT2D eigenvalue weighted by atomic mass is 9.95. The molecule has 1 aromatic carbocycles. The number of hydrogen-bond donors (Lipinski definition) is 1. The molecule has 2 aromatic rings. The van der Waals surface area contributed by atoms with Crippen molar-refractivity contribution in [1.29, 1.82) is 0 Å². The summed E-state index contributed by atoms with van der Waals surface area (Å²) in [5, 5.41) is 8.01. The molecule has 2 aliphatic carbocycles. The summed E-state index contributed by atoms with van der Waals surface area (Å²) in [6.45, 7) is 0.993. The van der Waals surface area contributed by atoms with Crippen LogP contribution in [0.15, 0.2) is 42.7 Å². The van der Waals surface area contributed by atoms with Crippen LogP contribution in [-0.2, 0) is 6.54 Å². The largest absolute Gasteiger partial charge is 0.310 e. The zero-order valence-corrected chi connectivity index (χ0v) is 11.7. The molecule has 1 N–H and O–H groups in total. The quantitative estimate of drug-likeness (QED) is 0.922. The minimum atomic E-state index is 0.763. The summed E-state index contributed by atoms with van der Waals surface area (Å²) in [4.78, 5) is 0. The van der Waals surface area contributed by atoms with E-state index in [0.717, 1.165) is 30.1 Å². The third-order valence-corrected chi connectivity index (χ3v) is 5.01. The Kier molecular flexibility index (Phi) is 3.07. The standard InChI is InChI=1S/C17H21N3/c1-8-19-20(9-1)16-6-3-13(4-7-16)12-18-17-11-14-2-5-15(17)10-14/h1,3-4,6-9,14-15,17-18H,2,5,10-12H2. The van der Waals surface area contributed by atoms with Crippen LogP contribution in [0.3, 0.4) is 0 Å². The van der Waals surface area contributed by atoms with Crippen LogP contribution in [0.25, 0.3) is 5.69 Å². The Morgan fingerprint density at radius 1 is 1.15 bits per heavy atom. The fourth-order valence-corrected chi connectivity index (χ4v) is 3.93. The highest BCUT2D eigenvalue weighted by Crippen LogP contribution is 2.44. The molecule has 3 heteroatoms. The number of benzene rings is 1. The van der Waals surface area contributed by atoms with E-state index in [9.17, 15) is 0 Å². The number of rotatable bonds is 4. The highest BCUT2D eigenvalue weighted by atomic mass is 15.3. The molecule has 4 rings (SSSR count). The molecule has 0 saturated heterocycles. The second-order valence-corrected chi connectivity index (χ2v) is 6.28. The van der Waals surface area contributed by atoms with Crippen molar-refractivity contribution in [2.45, 2.75) is 38.3 Å². The highest BCUT2D eigenvalue weighted by Gasteiger charge is 2.38. The molecule has 0 amide bonds. The van der Waals surface area contributed by atoms with Crippen LogP contribution in [0.4, 0.5) is 0 Å². The highest BCUT2D eigenvalue weighted by molar-refractivity contribution is 5.33. The van der Waals surface area contributed by atoms with Gasteiger partial charge in [-0.05, 0) is 54.9 Å². The van der Waals surface area contributed by atoms with E-state index in [1.807, 2.05) is 23.1 Å². The summed E-state index contributed by atoms with van der Waals surface area (Å²) < 4.78 is 1.90. The first kappa shape index (κ1) is 12.2. The Labute approximate surface area is 120 Å². The second kappa shape index (κ2) is 5.06. The Hall–Kier alpha value is -1.61. The van der Waals surface area contributed by atoms with Gasteiger partial charge >= 0.3 is 0 Å². The summed E-state index contributed by atoms with van der Waals surface area (Å²) in [5.74, 6) is 1.96. The number of hydrogen-bond acceptors (Lipinski definition) is 2. The van der Waals surface area contributed by atoms with Gasteiger partial charge in [0.05, 0.1) is 5.69 Å². The SMILES string of the molecule is c1cnn(-c2ccc(CNC3CC4CCC3C4)cc2)c1. The molecule has 2 bridgehead atoms. The predicted octanol–water partition coefficient (Wildman–Crippen LogP) is 3.15. The molecule has 3 atom stereocenters. The van der Waals surface area contributed by atoms with Gasteiger partial charge in [-0.15, -0.1) is 0 Å². The topological polar surface area (TPSA) is 29.9 Å². The Balaban J connectivity index is 1.37. The minimum absolute atomic E-state index is 0.763. The van der Waals surface area contributed by atoms with Crippen LogP contribution in [0.5, 0.6) is 0 Å². The monoisotopic (exact) mass is 267 g/mol. The molecule has 0 spiro atoms. The lowest BCUT2D eigenvalue weighted by Gasteiger charge is -2.23. The first-order valence-corrected chi connectivity index (χ1v) is 7.71. The Bertz CT molecular complexity index is 558. The normalized spacial score (nSPS) is 28.1. The summed E-state index contributed by atoms with van der Waals surface area (Å²) in [6.07, 6.45) is 9.57. The molecular weight excluding hydrogens is 246 g/mol. The van der Waals surface area contributed by atoms with Crippen LogP contribution >= 0.6 is 0 Å². The first-order chi connectivity index (χ1) is 9.88. The van der Waals surface area contributed by atoms with E-state index in [1.54, 1.807) is 0 Å². The van der Waals surface area contributed by atoms with Crippen LogP contribution in [0, 0.1) is 11.8 Å². The van der Waals surface area contributed by atoms with Crippen LogP contribution in [0.2, 0.25) is 0 Å². The summed E-state index contributed by atoms with van der Waals surface area (Å²) in [5.41, 5.74) is 2.49. The van der Waals surface area contributed by atoms with E-state index >= 15 is 0 Å². The molecule has 104 valence electrons. The molecule has 2 fully saturated rings. The third kappa shape index (κ3) is 2.27. The Morgan fingerprint density at radius 3 is 2.70 bits per heavy atom. The van der Waals surface area contributed by atoms with E-state index in [1.165, 1.54) is 31.2 Å². The molecule has 3 nitrogen and oxygen atoms in total. The zero-order chi connectivity index (χ0) is 13.4. The predicted molar refractivity (Wildman–Crippen MR) is 79.6 cm³/mol. The van der Waals surface area contributed by atoms with E-state index in [4.69, 9.17) is 0 Å². The van der Waals surface area contributed by atoms with Gasteiger partial charge in [-0.3, -0.25) is 0 Å². The van der Waals surface area contributed by atoms with Crippen LogP contribution in [0.1, 0.15) is 31.2 Å². The van der Waals surface area contributed by atoms with Gasteiger partial charge in [0, 0.05) is 25.0 Å². The molecule has 3 unspecified atom stereocenters. The molecule has 0 radical (unpaired) electrons. The maximum absolute atomic E-state index is 4.25. The molecule has 0 aliphatic heterocycles. The average molecular weight is 267 g/mol. The van der Waals surface area contributed by atoms with E-state index < -0.39 is 0 Å². The number of nitrogens with one attached hydrogen (secondary N) is 1. The first-order valence-electron chi connectivity index (χ1n) is 7.71. The van der Waals surface area contributed by atoms with Crippen molar-refractivity contribution in [3.63, 3.8) is 0 Å². The van der Waals surface area contributed by atoms with Gasteiger partial charge in [-0.1, -0.05) is 18.6 Å². The van der Waals surface area contributed by atoms with Crippen molar-refractivity contribution < 1.29 is 0 Å². The number of nitrogens with zero attached hydrogens (tertiary/aromatic N) is 2. The van der Waals surface area contributed by atoms with Crippen LogP contribution in [-0.4, -0.2) is 15.8 Å². The smallest absolute Gasteiger partial charge is 0.0645 e. The van der Waals surface area contributed by atoms with Gasteiger partial charge in [-0.2, -0.15) is 5.10 Å². The third-order valence-electron chi connectivity index (χ3n) is 5.01. The van der Waals surface area contributed by atoms with E-state index in [2.05, 4.69) is 34.7 Å². The van der Waals surface area contributed by atoms with Crippen molar-refractivity contribution in [2.24, 2.45) is 11.8 Å². The lowest BCUT2D eigenvalue weighted by Crippen LogP contribution is -2.33. The van der Waals surface area contributed by atoms with Gasteiger partial charge in [0.25, 0.3) is 0 Å². The number of fused-ring (bicyclic) bond motifs is 2. The molecule has 2 aliphatic rings. The molecule has 2 saturated carbocycles. The molecule has 1 aromatic heterocycles. The average Bonchev–Trinajstić information content (AvgIpc) is 3.22. The fourth-order valence-electron chi connectivity index (χ4n) is 3.93. The van der Waals surface area contributed by atoms with Gasteiger partial charge in [0.15, 0.2) is 0 Å². The molecule has 20 heavy (non-hydrogen) atoms. The summed E-state index contributed by atoms with van der Waals surface area (Å²) in [7, 11) is 0. The maximum Gasteiger partial charge on any atom is 0.0645 e. The molecule has 1 heterocycles. The maximum atomic E-state index is 4.25. The van der Waals surface area contributed by atoms with Crippen molar-refractivity contribution in [3.8, 4) is 5.69 Å². The van der Waals surface area contributed by atoms with Gasteiger partial charge in [-0.25, -0.2) is 4.68 Å². The van der Waals surface area contributed by atoms with Crippen molar-refractivity contribution in [1.82, 2.24) is 15.1 Å². The van der Waals surface area contributed by atoms with Crippen molar-refractivity contribution in [3.05, 3.63) is 48.3 Å². The number of aromatic nitrogens is 2. The summed E-state index contributed by atoms with van der Waals surface area (Å²) >= 11 is 0. The Morgan fingerprint density at radius 2 is 2.05 bits per heavy atom. The van der Waals surface area contributed by atoms with Crippen molar-refractivity contribution in [2.75, 3.05) is 0 Å². The second-order valence-electron chi connectivity index (χ2n) is 6.28. The van der Waals surface area contributed by atoms with Crippen molar-refractivity contribution >= 4 is 0 Å². The summed E-state index contributed by atoms with van der Waals surface area (Å²) in [6, 6.07) is 11.4. The van der Waals surface area contributed by atoms with E-state index in [0.29, 0.717) is 0 Å². The minimum Gasteiger partial charge on any atom is -0.310 e. The lowest BCUT2D eigenvalue weighted by molar-refractivity contribution is 0.351. The van der Waals surface area contributed by atoms with Crippen LogP contribution < -0.4 is 5.32 Å². The van der Waals surface area contributed by atoms with Gasteiger partial charge in [0.2, 0.25) is 0 Å².